The topological polar surface area (TPSA) is 84.2 Å². The molecule has 0 saturated carbocycles. The summed E-state index contributed by atoms with van der Waals surface area (Å²) in [6, 6.07) is 6.60. The number of hydrogen-bond donors (Lipinski definition) is 3. The number of halogens is 1. The van der Waals surface area contributed by atoms with E-state index in [0.29, 0.717) is 18.7 Å². The van der Waals surface area contributed by atoms with Crippen LogP contribution in [-0.4, -0.2) is 24.4 Å². The van der Waals surface area contributed by atoms with Crippen LogP contribution < -0.4 is 16.4 Å². The highest BCUT2D eigenvalue weighted by molar-refractivity contribution is 5.94. The van der Waals surface area contributed by atoms with Crippen LogP contribution in [0.5, 0.6) is 0 Å². The zero-order valence-electron chi connectivity index (χ0n) is 11.1. The normalized spacial score (nSPS) is 11.1. The van der Waals surface area contributed by atoms with Crippen LogP contribution in [0, 0.1) is 0 Å². The van der Waals surface area contributed by atoms with Gasteiger partial charge < -0.3 is 16.4 Å². The molecular weight excluding hydrogens is 266 g/mol. The van der Waals surface area contributed by atoms with Crippen molar-refractivity contribution in [3.05, 3.63) is 35.4 Å². The molecule has 5 nitrogen and oxygen atoms in total. The zero-order valence-corrected chi connectivity index (χ0v) is 11.9. The molecule has 1 atom stereocenters. The van der Waals surface area contributed by atoms with Crippen LogP contribution in [0.15, 0.2) is 24.3 Å². The number of nitrogens with one attached hydrogen (secondary N) is 2. The lowest BCUT2D eigenvalue weighted by molar-refractivity contribution is -0.122. The van der Waals surface area contributed by atoms with Crippen molar-refractivity contribution in [1.82, 2.24) is 10.6 Å². The Morgan fingerprint density at radius 2 is 2.00 bits per heavy atom. The van der Waals surface area contributed by atoms with Gasteiger partial charge in [-0.3, -0.25) is 9.59 Å². The predicted molar refractivity (Wildman–Crippen MR) is 77.2 cm³/mol. The van der Waals surface area contributed by atoms with E-state index < -0.39 is 6.04 Å². The molecule has 4 N–H and O–H groups in total. The number of nitrogens with two attached hydrogens (primary N) is 1. The monoisotopic (exact) mass is 285 g/mol. The van der Waals surface area contributed by atoms with Gasteiger partial charge in [0.25, 0.3) is 5.91 Å². The van der Waals surface area contributed by atoms with Crippen molar-refractivity contribution in [2.24, 2.45) is 5.73 Å². The summed E-state index contributed by atoms with van der Waals surface area (Å²) in [7, 11) is 0. The summed E-state index contributed by atoms with van der Waals surface area (Å²) in [6.45, 7) is 4.45. The lowest BCUT2D eigenvalue weighted by Crippen LogP contribution is -2.37. The maximum absolute atomic E-state index is 11.6. The summed E-state index contributed by atoms with van der Waals surface area (Å²) in [4.78, 5) is 22.9. The van der Waals surface area contributed by atoms with Crippen LogP contribution in [0.25, 0.3) is 0 Å². The molecule has 1 unspecified atom stereocenters. The van der Waals surface area contributed by atoms with Gasteiger partial charge in [0.15, 0.2) is 0 Å². The molecule has 106 valence electrons. The first kappa shape index (κ1) is 17.4. The summed E-state index contributed by atoms with van der Waals surface area (Å²) in [5.74, 6) is -0.323. The first-order chi connectivity index (χ1) is 8.54. The molecule has 0 aromatic heterocycles. The highest BCUT2D eigenvalue weighted by atomic mass is 35.5. The van der Waals surface area contributed by atoms with Gasteiger partial charge in [0, 0.05) is 18.7 Å². The van der Waals surface area contributed by atoms with Crippen molar-refractivity contribution < 1.29 is 9.59 Å². The van der Waals surface area contributed by atoms with Crippen molar-refractivity contribution in [3.63, 3.8) is 0 Å². The van der Waals surface area contributed by atoms with Gasteiger partial charge in [-0.05, 0) is 31.5 Å². The van der Waals surface area contributed by atoms with E-state index >= 15 is 0 Å². The summed E-state index contributed by atoms with van der Waals surface area (Å²) >= 11 is 0. The van der Waals surface area contributed by atoms with Gasteiger partial charge in [-0.2, -0.15) is 0 Å². The number of carbonyl (C=O) groups is 2. The van der Waals surface area contributed by atoms with Gasteiger partial charge in [0.2, 0.25) is 5.91 Å². The fraction of sp³-hybridized carbons (Fsp3) is 0.385. The van der Waals surface area contributed by atoms with E-state index in [-0.39, 0.29) is 24.2 Å². The maximum atomic E-state index is 11.6. The quantitative estimate of drug-likeness (QED) is 0.749. The highest BCUT2D eigenvalue weighted by Gasteiger charge is 2.08. The molecule has 1 rings (SSSR count). The van der Waals surface area contributed by atoms with Crippen molar-refractivity contribution in [2.75, 3.05) is 6.54 Å². The van der Waals surface area contributed by atoms with Crippen molar-refractivity contribution in [1.29, 1.82) is 0 Å². The molecule has 0 fully saturated rings. The fourth-order valence-electron chi connectivity index (χ4n) is 1.44. The van der Waals surface area contributed by atoms with Gasteiger partial charge in [-0.25, -0.2) is 0 Å². The molecule has 0 spiro atoms. The molecule has 0 radical (unpaired) electrons. The number of rotatable bonds is 5. The van der Waals surface area contributed by atoms with E-state index in [1.807, 2.05) is 13.0 Å². The molecule has 0 aliphatic rings. The minimum absolute atomic E-state index is 0. The minimum Gasteiger partial charge on any atom is -0.352 e. The SMILES string of the molecule is CCNC(=O)c1cccc(CNC(=O)C(C)N)c1.Cl. The molecule has 1 aromatic rings. The Hall–Kier alpha value is -1.59. The Morgan fingerprint density at radius 1 is 1.32 bits per heavy atom. The minimum atomic E-state index is -0.531. The second-order valence-electron chi connectivity index (χ2n) is 4.07. The highest BCUT2D eigenvalue weighted by Crippen LogP contribution is 2.05. The smallest absolute Gasteiger partial charge is 0.251 e. The molecule has 0 aliphatic carbocycles. The van der Waals surface area contributed by atoms with E-state index in [1.165, 1.54) is 0 Å². The van der Waals surface area contributed by atoms with Crippen molar-refractivity contribution in [2.45, 2.75) is 26.4 Å². The van der Waals surface area contributed by atoms with Crippen molar-refractivity contribution >= 4 is 24.2 Å². The third-order valence-corrected chi connectivity index (χ3v) is 2.41. The first-order valence-electron chi connectivity index (χ1n) is 5.95. The van der Waals surface area contributed by atoms with Crippen LogP contribution in [0.2, 0.25) is 0 Å². The van der Waals surface area contributed by atoms with E-state index in [0.717, 1.165) is 5.56 Å². The largest absolute Gasteiger partial charge is 0.352 e. The van der Waals surface area contributed by atoms with Gasteiger partial charge in [-0.15, -0.1) is 12.4 Å². The van der Waals surface area contributed by atoms with Gasteiger partial charge in [0.05, 0.1) is 6.04 Å². The molecule has 0 heterocycles. The molecule has 2 amide bonds. The third kappa shape index (κ3) is 5.72. The molecular formula is C13H20ClN3O2. The Morgan fingerprint density at radius 3 is 2.58 bits per heavy atom. The Labute approximate surface area is 119 Å². The molecule has 1 aromatic carbocycles. The predicted octanol–water partition coefficient (Wildman–Crippen LogP) is 0.822. The second kappa shape index (κ2) is 8.50. The van der Waals surface area contributed by atoms with Gasteiger partial charge >= 0.3 is 0 Å². The zero-order chi connectivity index (χ0) is 13.5. The Bertz CT molecular complexity index is 436. The summed E-state index contributed by atoms with van der Waals surface area (Å²) in [5.41, 5.74) is 6.90. The average Bonchev–Trinajstić information content (AvgIpc) is 2.36. The molecule has 19 heavy (non-hydrogen) atoms. The second-order valence-corrected chi connectivity index (χ2v) is 4.07. The van der Waals surface area contributed by atoms with Crippen molar-refractivity contribution in [3.8, 4) is 0 Å². The average molecular weight is 286 g/mol. The van der Waals surface area contributed by atoms with E-state index in [1.54, 1.807) is 25.1 Å². The number of carbonyl (C=O) groups excluding carboxylic acids is 2. The molecule has 0 bridgehead atoms. The van der Waals surface area contributed by atoms with Gasteiger partial charge in [0.1, 0.15) is 0 Å². The van der Waals surface area contributed by atoms with Crippen LogP contribution in [0.1, 0.15) is 29.8 Å². The first-order valence-corrected chi connectivity index (χ1v) is 5.95. The summed E-state index contributed by atoms with van der Waals surface area (Å²) in [6.07, 6.45) is 0. The molecule has 6 heteroatoms. The number of benzene rings is 1. The lowest BCUT2D eigenvalue weighted by atomic mass is 10.1. The fourth-order valence-corrected chi connectivity index (χ4v) is 1.44. The van der Waals surface area contributed by atoms with Crippen LogP contribution in [0.3, 0.4) is 0 Å². The van der Waals surface area contributed by atoms with E-state index in [9.17, 15) is 9.59 Å². The third-order valence-electron chi connectivity index (χ3n) is 2.41. The van der Waals surface area contributed by atoms with Crippen LogP contribution >= 0.6 is 12.4 Å². The standard InChI is InChI=1S/C13H19N3O2.ClH/c1-3-15-13(18)11-6-4-5-10(7-11)8-16-12(17)9(2)14;/h4-7,9H,3,8,14H2,1-2H3,(H,15,18)(H,16,17);1H. The van der Waals surface area contributed by atoms with Gasteiger partial charge in [-0.1, -0.05) is 12.1 Å². The van der Waals surface area contributed by atoms with Crippen LogP contribution in [0.4, 0.5) is 0 Å². The van der Waals surface area contributed by atoms with E-state index in [4.69, 9.17) is 5.73 Å². The lowest BCUT2D eigenvalue weighted by Gasteiger charge is -2.09. The Balaban J connectivity index is 0.00000324. The molecule has 0 saturated heterocycles. The Kier molecular flexibility index (Phi) is 7.79. The number of hydrogen-bond acceptors (Lipinski definition) is 3. The van der Waals surface area contributed by atoms with Crippen LogP contribution in [-0.2, 0) is 11.3 Å². The molecule has 0 aliphatic heterocycles. The summed E-state index contributed by atoms with van der Waals surface area (Å²) in [5, 5.41) is 5.43. The van der Waals surface area contributed by atoms with E-state index in [2.05, 4.69) is 10.6 Å². The summed E-state index contributed by atoms with van der Waals surface area (Å²) < 4.78 is 0. The number of amides is 2. The maximum Gasteiger partial charge on any atom is 0.251 e.